The minimum Gasteiger partial charge on any atom is -0.422 e. The van der Waals surface area contributed by atoms with Gasteiger partial charge in [-0.1, -0.05) is 36.4 Å². The molecular weight excluding hydrogens is 348 g/mol. The van der Waals surface area contributed by atoms with Crippen molar-refractivity contribution in [3.05, 3.63) is 81.5 Å². The summed E-state index contributed by atoms with van der Waals surface area (Å²) >= 11 is 1.34. The molecule has 0 aliphatic rings. The highest BCUT2D eigenvalue weighted by atomic mass is 32.1. The van der Waals surface area contributed by atoms with Gasteiger partial charge >= 0.3 is 5.63 Å². The molecule has 0 radical (unpaired) electrons. The smallest absolute Gasteiger partial charge is 0.345 e. The van der Waals surface area contributed by atoms with Gasteiger partial charge in [-0.05, 0) is 24.3 Å². The number of hydrogen-bond acceptors (Lipinski definition) is 5. The molecule has 2 aromatic carbocycles. The molecule has 4 aromatic rings. The molecule has 0 fully saturated rings. The highest BCUT2D eigenvalue weighted by molar-refractivity contribution is 7.10. The number of nitrogens with zero attached hydrogens (tertiary/aromatic N) is 1. The van der Waals surface area contributed by atoms with Crippen molar-refractivity contribution in [3.63, 3.8) is 0 Å². The molecule has 0 saturated heterocycles. The molecule has 6 heteroatoms. The first-order chi connectivity index (χ1) is 12.7. The van der Waals surface area contributed by atoms with Crippen molar-refractivity contribution in [1.29, 1.82) is 0 Å². The Hall–Kier alpha value is -3.25. The fourth-order valence-corrected chi connectivity index (χ4v) is 3.41. The molecule has 5 nitrogen and oxygen atoms in total. The Labute approximate surface area is 152 Å². The number of nitrogens with one attached hydrogen (secondary N) is 1. The van der Waals surface area contributed by atoms with Crippen molar-refractivity contribution in [3.8, 4) is 11.3 Å². The third-order valence-corrected chi connectivity index (χ3v) is 4.69. The average molecular weight is 362 g/mol. The maximum atomic E-state index is 12.2. The van der Waals surface area contributed by atoms with E-state index >= 15 is 0 Å². The second kappa shape index (κ2) is 6.93. The fraction of sp³-hybridized carbons (Fsp3) is 0.0500. The van der Waals surface area contributed by atoms with Gasteiger partial charge in [0.1, 0.15) is 10.6 Å². The number of amides is 1. The summed E-state index contributed by atoms with van der Waals surface area (Å²) < 4.78 is 5.35. The highest BCUT2D eigenvalue weighted by Gasteiger charge is 2.13. The van der Waals surface area contributed by atoms with Crippen LogP contribution in [-0.4, -0.2) is 10.9 Å². The van der Waals surface area contributed by atoms with E-state index in [2.05, 4.69) is 10.3 Å². The summed E-state index contributed by atoms with van der Waals surface area (Å²) in [5, 5.41) is 6.06. The van der Waals surface area contributed by atoms with Gasteiger partial charge in [-0.3, -0.25) is 4.79 Å². The van der Waals surface area contributed by atoms with Crippen LogP contribution >= 0.6 is 11.3 Å². The van der Waals surface area contributed by atoms with E-state index in [9.17, 15) is 9.59 Å². The number of para-hydroxylation sites is 2. The lowest BCUT2D eigenvalue weighted by atomic mass is 10.1. The van der Waals surface area contributed by atoms with Crippen LogP contribution in [0.15, 0.2) is 75.3 Å². The number of benzene rings is 2. The van der Waals surface area contributed by atoms with Gasteiger partial charge < -0.3 is 9.73 Å². The van der Waals surface area contributed by atoms with Crippen molar-refractivity contribution in [2.45, 2.75) is 6.42 Å². The van der Waals surface area contributed by atoms with E-state index in [0.717, 1.165) is 11.1 Å². The van der Waals surface area contributed by atoms with E-state index in [1.54, 1.807) is 17.5 Å². The van der Waals surface area contributed by atoms with E-state index in [1.165, 1.54) is 11.3 Å². The van der Waals surface area contributed by atoms with Crippen LogP contribution in [0.25, 0.3) is 22.2 Å². The highest BCUT2D eigenvalue weighted by Crippen LogP contribution is 2.23. The van der Waals surface area contributed by atoms with Crippen LogP contribution in [0, 0.1) is 0 Å². The number of hydrogen-bond donors (Lipinski definition) is 1. The van der Waals surface area contributed by atoms with Gasteiger partial charge in [-0.2, -0.15) is 0 Å². The predicted molar refractivity (Wildman–Crippen MR) is 102 cm³/mol. The summed E-state index contributed by atoms with van der Waals surface area (Å²) in [7, 11) is 0. The van der Waals surface area contributed by atoms with Gasteiger partial charge in [-0.15, -0.1) is 11.3 Å². The van der Waals surface area contributed by atoms with E-state index in [0.29, 0.717) is 21.8 Å². The number of rotatable bonds is 4. The average Bonchev–Trinajstić information content (AvgIpc) is 3.10. The molecule has 2 heterocycles. The predicted octanol–water partition coefficient (Wildman–Crippen LogP) is 4.10. The van der Waals surface area contributed by atoms with Gasteiger partial charge in [0.2, 0.25) is 5.91 Å². The molecule has 1 amide bonds. The van der Waals surface area contributed by atoms with Gasteiger partial charge in [0.05, 0.1) is 17.7 Å². The fourth-order valence-electron chi connectivity index (χ4n) is 2.62. The third-order valence-electron chi connectivity index (χ3n) is 3.84. The van der Waals surface area contributed by atoms with Gasteiger partial charge in [-0.25, -0.2) is 9.78 Å². The Balaban J connectivity index is 1.55. The van der Waals surface area contributed by atoms with E-state index in [1.807, 2.05) is 48.5 Å². The third kappa shape index (κ3) is 3.41. The summed E-state index contributed by atoms with van der Waals surface area (Å²) in [5.74, 6) is -0.150. The molecule has 1 N–H and O–H groups in total. The zero-order chi connectivity index (χ0) is 17.9. The number of aromatic nitrogens is 1. The summed E-state index contributed by atoms with van der Waals surface area (Å²) in [6.45, 7) is 0. The summed E-state index contributed by atoms with van der Waals surface area (Å²) in [6, 6.07) is 18.3. The first-order valence-electron chi connectivity index (χ1n) is 8.01. The molecular formula is C20H14N2O3S. The quantitative estimate of drug-likeness (QED) is 0.555. The molecule has 0 spiro atoms. The second-order valence-electron chi connectivity index (χ2n) is 5.70. The minimum absolute atomic E-state index is 0.150. The van der Waals surface area contributed by atoms with Crippen LogP contribution in [0.2, 0.25) is 0 Å². The van der Waals surface area contributed by atoms with Crippen molar-refractivity contribution in [1.82, 2.24) is 4.98 Å². The normalized spacial score (nSPS) is 10.8. The lowest BCUT2D eigenvalue weighted by Gasteiger charge is -2.03. The van der Waals surface area contributed by atoms with Crippen LogP contribution < -0.4 is 10.9 Å². The molecule has 0 aliphatic carbocycles. The Morgan fingerprint density at radius 2 is 1.85 bits per heavy atom. The minimum atomic E-state index is -0.436. The Morgan fingerprint density at radius 3 is 2.69 bits per heavy atom. The summed E-state index contributed by atoms with van der Waals surface area (Å²) in [4.78, 5) is 28.8. The monoisotopic (exact) mass is 362 g/mol. The Kier molecular flexibility index (Phi) is 4.33. The van der Waals surface area contributed by atoms with Gasteiger partial charge in [0.25, 0.3) is 0 Å². The second-order valence-corrected chi connectivity index (χ2v) is 6.65. The van der Waals surface area contributed by atoms with E-state index in [-0.39, 0.29) is 12.3 Å². The molecule has 0 aliphatic heterocycles. The largest absolute Gasteiger partial charge is 0.422 e. The summed E-state index contributed by atoms with van der Waals surface area (Å²) in [5.41, 5.74) is 1.77. The number of carbonyl (C=O) groups excluding carboxylic acids is 1. The number of thiazole rings is 1. The van der Waals surface area contributed by atoms with E-state index in [4.69, 9.17) is 4.42 Å². The van der Waals surface area contributed by atoms with Crippen LogP contribution in [0.5, 0.6) is 0 Å². The SMILES string of the molecule is O=C(Cc1nc(-c2cc3ccccc3oc2=O)cs1)Nc1ccccc1. The maximum absolute atomic E-state index is 12.2. The zero-order valence-corrected chi connectivity index (χ0v) is 14.5. The van der Waals surface area contributed by atoms with Gasteiger partial charge in [0, 0.05) is 16.5 Å². The lowest BCUT2D eigenvalue weighted by Crippen LogP contribution is -2.14. The first-order valence-corrected chi connectivity index (χ1v) is 8.89. The number of fused-ring (bicyclic) bond motifs is 1. The number of anilines is 1. The zero-order valence-electron chi connectivity index (χ0n) is 13.6. The molecule has 2 aromatic heterocycles. The topological polar surface area (TPSA) is 72.2 Å². The van der Waals surface area contributed by atoms with Crippen molar-refractivity contribution in [2.24, 2.45) is 0 Å². The lowest BCUT2D eigenvalue weighted by molar-refractivity contribution is -0.115. The van der Waals surface area contributed by atoms with Crippen LogP contribution in [0.3, 0.4) is 0 Å². The molecule has 0 unspecified atom stereocenters. The van der Waals surface area contributed by atoms with Crippen LogP contribution in [0.4, 0.5) is 5.69 Å². The van der Waals surface area contributed by atoms with Crippen LogP contribution in [-0.2, 0) is 11.2 Å². The first kappa shape index (κ1) is 16.2. The molecule has 128 valence electrons. The molecule has 0 saturated carbocycles. The summed E-state index contributed by atoms with van der Waals surface area (Å²) in [6.07, 6.45) is 0.151. The molecule has 4 rings (SSSR count). The molecule has 0 atom stereocenters. The Bertz CT molecular complexity index is 1130. The van der Waals surface area contributed by atoms with Gasteiger partial charge in [0.15, 0.2) is 0 Å². The van der Waals surface area contributed by atoms with Crippen molar-refractivity contribution in [2.75, 3.05) is 5.32 Å². The van der Waals surface area contributed by atoms with Crippen molar-refractivity contribution < 1.29 is 9.21 Å². The van der Waals surface area contributed by atoms with Crippen LogP contribution in [0.1, 0.15) is 5.01 Å². The molecule has 26 heavy (non-hydrogen) atoms. The maximum Gasteiger partial charge on any atom is 0.345 e. The molecule has 0 bridgehead atoms. The Morgan fingerprint density at radius 1 is 1.08 bits per heavy atom. The van der Waals surface area contributed by atoms with Crippen molar-refractivity contribution >= 4 is 33.9 Å². The standard InChI is InChI=1S/C20H14N2O3S/c23-18(21-14-7-2-1-3-8-14)11-19-22-16(12-26-19)15-10-13-6-4-5-9-17(13)25-20(15)24/h1-10,12H,11H2,(H,21,23). The van der Waals surface area contributed by atoms with E-state index < -0.39 is 5.63 Å². The number of carbonyl (C=O) groups is 1.